The van der Waals surface area contributed by atoms with E-state index < -0.39 is 0 Å². The fourth-order valence-electron chi connectivity index (χ4n) is 4.21. The average Bonchev–Trinajstić information content (AvgIpc) is 2.86. The van der Waals surface area contributed by atoms with Crippen molar-refractivity contribution in [3.8, 4) is 0 Å². The second-order valence-corrected chi connectivity index (χ2v) is 15.2. The summed E-state index contributed by atoms with van der Waals surface area (Å²) in [4.78, 5) is 0. The van der Waals surface area contributed by atoms with E-state index in [4.69, 9.17) is 17.0 Å². The number of ether oxygens (including phenoxy) is 1. The van der Waals surface area contributed by atoms with E-state index in [1.54, 1.807) is 21.7 Å². The van der Waals surface area contributed by atoms with E-state index in [2.05, 4.69) is 27.7 Å². The van der Waals surface area contributed by atoms with Gasteiger partial charge in [-0.15, -0.1) is 0 Å². The monoisotopic (exact) mass is 618 g/mol. The minimum atomic E-state index is 0.0377. The summed E-state index contributed by atoms with van der Waals surface area (Å²) in [5.41, 5.74) is 0. The molecule has 0 amide bonds. The van der Waals surface area contributed by atoms with E-state index in [-0.39, 0.29) is 21.1 Å². The zero-order chi connectivity index (χ0) is 26.1. The molecule has 0 aromatic heterocycles. The van der Waals surface area contributed by atoms with Gasteiger partial charge >= 0.3 is 172 Å². The number of hydrogen-bond donors (Lipinski definition) is 0. The van der Waals surface area contributed by atoms with Crippen molar-refractivity contribution < 1.29 is 4.74 Å². The average molecular weight is 618 g/mol. The molecule has 210 valence electrons. The Morgan fingerprint density at radius 2 is 0.800 bits per heavy atom. The summed E-state index contributed by atoms with van der Waals surface area (Å²) in [6, 6.07) is 0. The molecule has 0 aliphatic rings. The van der Waals surface area contributed by atoms with Gasteiger partial charge in [0, 0.05) is 6.42 Å². The van der Waals surface area contributed by atoms with Gasteiger partial charge in [0.05, 0.1) is 6.61 Å². The quantitative estimate of drug-likeness (QED) is 0.0515. The van der Waals surface area contributed by atoms with Gasteiger partial charge in [-0.1, -0.05) is 20.3 Å². The van der Waals surface area contributed by atoms with Gasteiger partial charge in [0.15, 0.2) is 5.05 Å². The third-order valence-corrected chi connectivity index (χ3v) is 11.0. The maximum atomic E-state index is 5.25. The van der Waals surface area contributed by atoms with Crippen molar-refractivity contribution in [2.75, 3.05) is 6.61 Å². The van der Waals surface area contributed by atoms with Crippen molar-refractivity contribution >= 4 is 38.4 Å². The van der Waals surface area contributed by atoms with Gasteiger partial charge in [0.25, 0.3) is 0 Å². The summed E-state index contributed by atoms with van der Waals surface area (Å²) in [7, 11) is 0. The van der Waals surface area contributed by atoms with Crippen molar-refractivity contribution in [1.29, 1.82) is 0 Å². The second kappa shape index (κ2) is 36.8. The van der Waals surface area contributed by atoms with Crippen molar-refractivity contribution in [1.82, 2.24) is 0 Å². The molecular formula is C32H66OSSn. The first-order valence-corrected chi connectivity index (χ1v) is 20.5. The van der Waals surface area contributed by atoms with Crippen LogP contribution < -0.4 is 0 Å². The molecule has 2 radical (unpaired) electrons. The van der Waals surface area contributed by atoms with Gasteiger partial charge in [0.1, 0.15) is 0 Å². The van der Waals surface area contributed by atoms with Crippen molar-refractivity contribution in [3.05, 3.63) is 0 Å². The third kappa shape index (κ3) is 39.4. The molecule has 0 saturated heterocycles. The molecule has 0 aliphatic heterocycles. The Hall–Kier alpha value is 0.689. The van der Waals surface area contributed by atoms with E-state index in [9.17, 15) is 0 Å². The molecule has 0 atom stereocenters. The predicted molar refractivity (Wildman–Crippen MR) is 167 cm³/mol. The van der Waals surface area contributed by atoms with Crippen LogP contribution in [0.2, 0.25) is 8.87 Å². The molecule has 1 nitrogen and oxygen atoms in total. The van der Waals surface area contributed by atoms with Gasteiger partial charge in [-0.2, -0.15) is 0 Å². The Balaban J connectivity index is 0. The van der Waals surface area contributed by atoms with Crippen LogP contribution in [0.15, 0.2) is 0 Å². The fourth-order valence-corrected chi connectivity index (χ4v) is 8.06. The minimum absolute atomic E-state index is 0.0377. The van der Waals surface area contributed by atoms with Crippen LogP contribution in [-0.2, 0) is 4.74 Å². The first-order valence-electron chi connectivity index (χ1n) is 16.1. The molecule has 0 N–H and O–H groups in total. The van der Waals surface area contributed by atoms with E-state index in [0.29, 0.717) is 0 Å². The minimum Gasteiger partial charge on any atom is -0.487 e. The van der Waals surface area contributed by atoms with E-state index in [1.165, 1.54) is 122 Å². The number of rotatable bonds is 27. The molecule has 0 spiro atoms. The first kappa shape index (κ1) is 37.8. The van der Waals surface area contributed by atoms with E-state index in [0.717, 1.165) is 30.9 Å². The van der Waals surface area contributed by atoms with Crippen molar-refractivity contribution in [2.24, 2.45) is 0 Å². The molecule has 3 heteroatoms. The Labute approximate surface area is 239 Å². The summed E-state index contributed by atoms with van der Waals surface area (Å²) in [6.45, 7) is 9.66. The molecule has 0 aliphatic carbocycles. The van der Waals surface area contributed by atoms with Gasteiger partial charge in [0.2, 0.25) is 0 Å². The Bertz CT molecular complexity index is 353. The Morgan fingerprint density at radius 1 is 0.457 bits per heavy atom. The predicted octanol–water partition coefficient (Wildman–Crippen LogP) is 12.3. The first-order chi connectivity index (χ1) is 17.2. The second-order valence-electron chi connectivity index (χ2n) is 10.4. The van der Waals surface area contributed by atoms with Crippen LogP contribution >= 0.6 is 12.2 Å². The van der Waals surface area contributed by atoms with Gasteiger partial charge in [-0.3, -0.25) is 0 Å². The smallest absolute Gasteiger partial charge is 0.487 e. The number of hydrogen-bond acceptors (Lipinski definition) is 2. The van der Waals surface area contributed by atoms with Crippen LogP contribution in [0.3, 0.4) is 0 Å². The zero-order valence-electron chi connectivity index (χ0n) is 24.9. The van der Waals surface area contributed by atoms with Crippen LogP contribution in [-0.4, -0.2) is 32.8 Å². The molecule has 0 heterocycles. The van der Waals surface area contributed by atoms with Gasteiger partial charge < -0.3 is 4.74 Å². The molecule has 0 aromatic carbocycles. The standard InChI is InChI=1S/2C12H25.C8H16OS.Sn/c2*1-3-5-7-9-11-12-10-8-6-4-2;1-3-5-7-9-8(10)6-4-2;/h2*1,3-12H2,2H3;3-7H2,1-2H3;. The summed E-state index contributed by atoms with van der Waals surface area (Å²) < 4.78 is 8.58. The summed E-state index contributed by atoms with van der Waals surface area (Å²) in [6.07, 6.45) is 34.2. The molecule has 0 bridgehead atoms. The van der Waals surface area contributed by atoms with Crippen LogP contribution in [0, 0.1) is 0 Å². The van der Waals surface area contributed by atoms with Gasteiger partial charge in [-0.25, -0.2) is 0 Å². The van der Waals surface area contributed by atoms with Crippen LogP contribution in [0.5, 0.6) is 0 Å². The molecule has 0 aromatic rings. The Morgan fingerprint density at radius 3 is 1.14 bits per heavy atom. The van der Waals surface area contributed by atoms with Gasteiger partial charge in [-0.05, 0) is 25.1 Å². The molecule has 0 unspecified atom stereocenters. The molecule has 0 rings (SSSR count). The van der Waals surface area contributed by atoms with Crippen molar-refractivity contribution in [3.63, 3.8) is 0 Å². The fraction of sp³-hybridized carbons (Fsp3) is 0.969. The summed E-state index contributed by atoms with van der Waals surface area (Å²) >= 11 is 4.98. The topological polar surface area (TPSA) is 9.23 Å². The van der Waals surface area contributed by atoms with E-state index in [1.807, 2.05) is 0 Å². The molecule has 0 saturated carbocycles. The summed E-state index contributed by atoms with van der Waals surface area (Å²) in [5, 5.41) is 0.774. The SMILES string of the molecule is CCCCCCCCCCC[CH2][Sn][CH2]CCCCCCCCCCC.CCCCOC(=S)CCC. The van der Waals surface area contributed by atoms with Crippen LogP contribution in [0.25, 0.3) is 0 Å². The third-order valence-electron chi connectivity index (χ3n) is 6.63. The summed E-state index contributed by atoms with van der Waals surface area (Å²) in [5.74, 6) is 0. The molecule has 35 heavy (non-hydrogen) atoms. The normalized spacial score (nSPS) is 10.7. The number of unbranched alkanes of at least 4 members (excludes halogenated alkanes) is 19. The number of thiocarbonyl (C=S) groups is 1. The maximum absolute atomic E-state index is 5.25. The van der Waals surface area contributed by atoms with Crippen molar-refractivity contribution in [2.45, 2.75) is 191 Å². The molecular weight excluding hydrogens is 551 g/mol. The Kier molecular flexibility index (Phi) is 39.8. The van der Waals surface area contributed by atoms with Crippen LogP contribution in [0.1, 0.15) is 182 Å². The zero-order valence-corrected chi connectivity index (χ0v) is 28.6. The molecule has 0 fully saturated rings. The van der Waals surface area contributed by atoms with Crippen LogP contribution in [0.4, 0.5) is 0 Å². The van der Waals surface area contributed by atoms with E-state index >= 15 is 0 Å².